The zero-order valence-corrected chi connectivity index (χ0v) is 18.9. The van der Waals surface area contributed by atoms with Crippen molar-refractivity contribution in [2.75, 3.05) is 4.90 Å². The lowest BCUT2D eigenvalue weighted by atomic mass is 10.1. The van der Waals surface area contributed by atoms with Crippen LogP contribution in [0.1, 0.15) is 18.2 Å². The molecule has 0 atom stereocenters. The molecule has 4 rings (SSSR count). The Hall–Kier alpha value is -3.04. The fourth-order valence-corrected chi connectivity index (χ4v) is 4.93. The molecule has 0 fully saturated rings. The molecule has 0 saturated heterocycles. The first-order chi connectivity index (χ1) is 15.0. The number of rotatable bonds is 6. The van der Waals surface area contributed by atoms with Gasteiger partial charge in [0.15, 0.2) is 16.1 Å². The normalized spacial score (nSPS) is 11.0. The van der Waals surface area contributed by atoms with Crippen LogP contribution in [0.4, 0.5) is 15.2 Å². The van der Waals surface area contributed by atoms with Crippen LogP contribution in [-0.4, -0.2) is 25.7 Å². The van der Waals surface area contributed by atoms with Crippen LogP contribution in [0.3, 0.4) is 0 Å². The van der Waals surface area contributed by atoms with Crippen LogP contribution in [0.2, 0.25) is 0 Å². The van der Waals surface area contributed by atoms with Gasteiger partial charge < -0.3 is 4.57 Å². The topological polar surface area (TPSA) is 63.9 Å². The molecule has 0 aliphatic rings. The first kappa shape index (κ1) is 21.2. The quantitative estimate of drug-likeness (QED) is 0.368. The van der Waals surface area contributed by atoms with Crippen LogP contribution in [0.5, 0.6) is 0 Å². The van der Waals surface area contributed by atoms with E-state index in [-0.39, 0.29) is 11.6 Å². The molecule has 4 aromatic rings. The number of halogens is 1. The second kappa shape index (κ2) is 8.99. The van der Waals surface area contributed by atoms with Crippen LogP contribution in [-0.2, 0) is 17.6 Å². The average molecular weight is 454 g/mol. The molecule has 2 heterocycles. The van der Waals surface area contributed by atoms with E-state index in [0.29, 0.717) is 10.9 Å². The van der Waals surface area contributed by atoms with Crippen LogP contribution < -0.4 is 4.90 Å². The fourth-order valence-electron chi connectivity index (χ4n) is 3.14. The molecule has 1 amide bonds. The number of carbonyl (C=O) groups excluding carboxylic acids is 1. The van der Waals surface area contributed by atoms with Gasteiger partial charge in [0.05, 0.1) is 11.4 Å². The van der Waals surface area contributed by atoms with Crippen molar-refractivity contribution in [1.29, 1.82) is 0 Å². The zero-order valence-electron chi connectivity index (χ0n) is 17.2. The first-order valence-corrected chi connectivity index (χ1v) is 11.4. The summed E-state index contributed by atoms with van der Waals surface area (Å²) < 4.78 is 16.2. The molecule has 0 radical (unpaired) electrons. The van der Waals surface area contributed by atoms with Crippen molar-refractivity contribution in [3.63, 3.8) is 0 Å². The molecular weight excluding hydrogens is 433 g/mol. The summed E-state index contributed by atoms with van der Waals surface area (Å²) in [5.74, 6) is 0.600. The fraction of sp³-hybridized carbons (Fsp3) is 0.182. The van der Waals surface area contributed by atoms with Crippen molar-refractivity contribution in [2.45, 2.75) is 24.8 Å². The Bertz CT molecular complexity index is 1240. The molecular formula is C22H20FN5OS2. The Morgan fingerprint density at radius 1 is 1.16 bits per heavy atom. The van der Waals surface area contributed by atoms with Crippen LogP contribution in [0.25, 0.3) is 11.4 Å². The molecule has 0 bridgehead atoms. The third-order valence-electron chi connectivity index (χ3n) is 4.71. The molecule has 0 aliphatic carbocycles. The highest BCUT2D eigenvalue weighted by atomic mass is 32.2. The number of carbonyl (C=O) groups is 1. The predicted octanol–water partition coefficient (Wildman–Crippen LogP) is 5.36. The van der Waals surface area contributed by atoms with E-state index < -0.39 is 5.82 Å². The third-order valence-corrected chi connectivity index (χ3v) is 6.64. The number of benzene rings is 2. The number of thioether (sulfide) groups is 1. The van der Waals surface area contributed by atoms with Gasteiger partial charge in [-0.25, -0.2) is 9.37 Å². The van der Waals surface area contributed by atoms with E-state index in [1.165, 1.54) is 41.0 Å². The maximum Gasteiger partial charge on any atom is 0.230 e. The number of thiazole rings is 1. The number of amides is 1. The molecule has 6 nitrogen and oxygen atoms in total. The minimum Gasteiger partial charge on any atom is -0.305 e. The average Bonchev–Trinajstić information content (AvgIpc) is 3.35. The van der Waals surface area contributed by atoms with Crippen molar-refractivity contribution < 1.29 is 9.18 Å². The minimum absolute atomic E-state index is 0.194. The standard InChI is InChI=1S/C22H20FN5OS2/c1-14-8-4-5-9-17(14)20-25-26-22(27(20)3)31-13-16-12-30-21(24-16)28(15(2)29)19-11-7-6-10-18(19)23/h4-12H,13H2,1-3H3. The van der Waals surface area contributed by atoms with Crippen LogP contribution >= 0.6 is 23.1 Å². The molecule has 0 spiro atoms. The molecule has 0 N–H and O–H groups in total. The lowest BCUT2D eigenvalue weighted by Crippen LogP contribution is -2.23. The number of hydrogen-bond acceptors (Lipinski definition) is 6. The first-order valence-electron chi connectivity index (χ1n) is 9.53. The number of nitrogens with zero attached hydrogens (tertiary/aromatic N) is 5. The molecule has 31 heavy (non-hydrogen) atoms. The highest BCUT2D eigenvalue weighted by molar-refractivity contribution is 7.98. The van der Waals surface area contributed by atoms with E-state index >= 15 is 0 Å². The van der Waals surface area contributed by atoms with E-state index in [4.69, 9.17) is 0 Å². The van der Waals surface area contributed by atoms with Gasteiger partial charge in [-0.05, 0) is 24.6 Å². The number of hydrogen-bond donors (Lipinski definition) is 0. The van der Waals surface area contributed by atoms with Gasteiger partial charge in [0.2, 0.25) is 5.91 Å². The summed E-state index contributed by atoms with van der Waals surface area (Å²) in [6.07, 6.45) is 0. The van der Waals surface area contributed by atoms with Gasteiger partial charge >= 0.3 is 0 Å². The number of aryl methyl sites for hydroxylation is 1. The molecule has 2 aromatic carbocycles. The molecule has 0 saturated carbocycles. The van der Waals surface area contributed by atoms with Crippen molar-refractivity contribution in [1.82, 2.24) is 19.7 Å². The van der Waals surface area contributed by atoms with Gasteiger partial charge in [0.25, 0.3) is 0 Å². The monoisotopic (exact) mass is 453 g/mol. The summed E-state index contributed by atoms with van der Waals surface area (Å²) in [5, 5.41) is 11.7. The SMILES string of the molecule is CC(=O)N(c1nc(CSc2nnc(-c3ccccc3C)n2C)cs1)c1ccccc1F. The summed E-state index contributed by atoms with van der Waals surface area (Å²) >= 11 is 2.81. The van der Waals surface area contributed by atoms with Gasteiger partial charge in [-0.3, -0.25) is 9.69 Å². The largest absolute Gasteiger partial charge is 0.305 e. The highest BCUT2D eigenvalue weighted by Crippen LogP contribution is 2.33. The number of anilines is 2. The van der Waals surface area contributed by atoms with Crippen molar-refractivity contribution in [3.8, 4) is 11.4 Å². The maximum atomic E-state index is 14.2. The molecule has 9 heteroatoms. The van der Waals surface area contributed by atoms with E-state index in [9.17, 15) is 9.18 Å². The number of aromatic nitrogens is 4. The summed E-state index contributed by atoms with van der Waals surface area (Å²) in [6, 6.07) is 14.2. The van der Waals surface area contributed by atoms with Gasteiger partial charge in [-0.1, -0.05) is 48.2 Å². The molecule has 0 unspecified atom stereocenters. The lowest BCUT2D eigenvalue weighted by Gasteiger charge is -2.18. The van der Waals surface area contributed by atoms with Gasteiger partial charge in [0.1, 0.15) is 5.82 Å². The summed E-state index contributed by atoms with van der Waals surface area (Å²) in [6.45, 7) is 3.44. The zero-order chi connectivity index (χ0) is 22.0. The van der Waals surface area contributed by atoms with Gasteiger partial charge in [0, 0.05) is 30.7 Å². The molecule has 0 aliphatic heterocycles. The van der Waals surface area contributed by atoms with Crippen molar-refractivity contribution >= 4 is 39.8 Å². The lowest BCUT2D eigenvalue weighted by molar-refractivity contribution is -0.115. The van der Waals surface area contributed by atoms with E-state index in [2.05, 4.69) is 15.2 Å². The Morgan fingerprint density at radius 3 is 2.65 bits per heavy atom. The van der Waals surface area contributed by atoms with Crippen LogP contribution in [0, 0.1) is 12.7 Å². The second-order valence-corrected chi connectivity index (χ2v) is 8.68. The summed E-state index contributed by atoms with van der Waals surface area (Å²) in [7, 11) is 1.94. The van der Waals surface area contributed by atoms with Gasteiger partial charge in [-0.15, -0.1) is 21.5 Å². The minimum atomic E-state index is -0.466. The van der Waals surface area contributed by atoms with Crippen LogP contribution in [0.15, 0.2) is 59.1 Å². The smallest absolute Gasteiger partial charge is 0.230 e. The van der Waals surface area contributed by atoms with E-state index in [0.717, 1.165) is 27.8 Å². The third kappa shape index (κ3) is 4.38. The van der Waals surface area contributed by atoms with E-state index in [1.807, 2.05) is 48.2 Å². The molecule has 2 aromatic heterocycles. The Balaban J connectivity index is 1.52. The second-order valence-electron chi connectivity index (χ2n) is 6.90. The Morgan fingerprint density at radius 2 is 1.90 bits per heavy atom. The Kier molecular flexibility index (Phi) is 6.15. The highest BCUT2D eigenvalue weighted by Gasteiger charge is 2.21. The van der Waals surface area contributed by atoms with Crippen molar-refractivity contribution in [3.05, 3.63) is 71.0 Å². The number of para-hydroxylation sites is 1. The molecule has 158 valence electrons. The van der Waals surface area contributed by atoms with Gasteiger partial charge in [-0.2, -0.15) is 0 Å². The Labute approximate surface area is 187 Å². The maximum absolute atomic E-state index is 14.2. The summed E-state index contributed by atoms with van der Waals surface area (Å²) in [5.41, 5.74) is 3.16. The predicted molar refractivity (Wildman–Crippen MR) is 122 cm³/mol. The van der Waals surface area contributed by atoms with Crippen molar-refractivity contribution in [2.24, 2.45) is 7.05 Å². The summed E-state index contributed by atoms with van der Waals surface area (Å²) in [4.78, 5) is 18.0. The van der Waals surface area contributed by atoms with E-state index in [1.54, 1.807) is 18.2 Å².